The molecule has 6 heteroatoms. The number of alkyl halides is 3. The summed E-state index contributed by atoms with van der Waals surface area (Å²) in [6.45, 7) is 3.46. The highest BCUT2D eigenvalue weighted by Gasteiger charge is 2.49. The summed E-state index contributed by atoms with van der Waals surface area (Å²) in [6, 6.07) is -2.58. The minimum atomic E-state index is -4.34. The van der Waals surface area contributed by atoms with Crippen LogP contribution in [-0.2, 0) is 0 Å². The van der Waals surface area contributed by atoms with Crippen molar-refractivity contribution < 1.29 is 18.3 Å². The maximum Gasteiger partial charge on any atom is 0.405 e. The summed E-state index contributed by atoms with van der Waals surface area (Å²) >= 11 is 0. The van der Waals surface area contributed by atoms with Crippen LogP contribution in [0.1, 0.15) is 26.7 Å². The Labute approximate surface area is 93.4 Å². The normalized spacial score (nSPS) is 31.7. The number of halogens is 3. The van der Waals surface area contributed by atoms with Crippen molar-refractivity contribution in [1.29, 1.82) is 0 Å². The van der Waals surface area contributed by atoms with Crippen molar-refractivity contribution in [3.05, 3.63) is 0 Å². The second-order valence-electron chi connectivity index (χ2n) is 4.78. The van der Waals surface area contributed by atoms with Gasteiger partial charge in [0.15, 0.2) is 0 Å². The molecule has 0 amide bonds. The minimum absolute atomic E-state index is 0.0326. The third-order valence-electron chi connectivity index (χ3n) is 3.09. The van der Waals surface area contributed by atoms with E-state index in [0.29, 0.717) is 6.42 Å². The second-order valence-corrected chi connectivity index (χ2v) is 4.78. The van der Waals surface area contributed by atoms with Crippen LogP contribution in [0, 0.1) is 0 Å². The molecule has 96 valence electrons. The molecule has 0 aromatic rings. The van der Waals surface area contributed by atoms with Gasteiger partial charge in [-0.2, -0.15) is 13.2 Å². The topological polar surface area (TPSA) is 49.5 Å². The number of β-amino-alcohol motifs (C(OH)–C–C–N with tert-alkyl or cyclic N) is 1. The molecule has 1 aliphatic rings. The first-order valence-corrected chi connectivity index (χ1v) is 5.46. The van der Waals surface area contributed by atoms with E-state index in [4.69, 9.17) is 5.73 Å². The van der Waals surface area contributed by atoms with Gasteiger partial charge in [0.25, 0.3) is 0 Å². The Hall–Kier alpha value is -0.330. The predicted molar refractivity (Wildman–Crippen MR) is 54.9 cm³/mol. The summed E-state index contributed by atoms with van der Waals surface area (Å²) < 4.78 is 38.6. The van der Waals surface area contributed by atoms with Crippen molar-refractivity contribution in [3.63, 3.8) is 0 Å². The lowest BCUT2D eigenvalue weighted by atomic mass is 10.0. The maximum absolute atomic E-state index is 12.9. The van der Waals surface area contributed by atoms with Gasteiger partial charge in [-0.25, -0.2) is 0 Å². The van der Waals surface area contributed by atoms with E-state index in [0.717, 1.165) is 0 Å². The van der Waals surface area contributed by atoms with Gasteiger partial charge in [-0.05, 0) is 19.8 Å². The zero-order valence-electron chi connectivity index (χ0n) is 9.59. The fraction of sp³-hybridized carbons (Fsp3) is 1.00. The van der Waals surface area contributed by atoms with Gasteiger partial charge in [0, 0.05) is 19.1 Å². The molecule has 0 radical (unpaired) electrons. The standard InChI is InChI=1S/C10H19F3N2O/c1-3-7(14)8(10(11,12)13)15-5-4-9(2,16)6-15/h7-8,16H,3-6,14H2,1-2H3. The first-order chi connectivity index (χ1) is 7.17. The monoisotopic (exact) mass is 240 g/mol. The number of hydrogen-bond donors (Lipinski definition) is 2. The Morgan fingerprint density at radius 3 is 2.38 bits per heavy atom. The van der Waals surface area contributed by atoms with E-state index in [-0.39, 0.29) is 19.5 Å². The van der Waals surface area contributed by atoms with Crippen LogP contribution < -0.4 is 5.73 Å². The number of rotatable bonds is 3. The van der Waals surface area contributed by atoms with E-state index in [2.05, 4.69) is 0 Å². The van der Waals surface area contributed by atoms with Gasteiger partial charge < -0.3 is 10.8 Å². The van der Waals surface area contributed by atoms with E-state index in [1.54, 1.807) is 13.8 Å². The molecule has 1 rings (SSSR count). The van der Waals surface area contributed by atoms with Gasteiger partial charge in [-0.1, -0.05) is 6.92 Å². The first kappa shape index (κ1) is 13.7. The SMILES string of the molecule is CCC(N)C(N1CCC(C)(O)C1)C(F)(F)F. The van der Waals surface area contributed by atoms with E-state index < -0.39 is 23.9 Å². The minimum Gasteiger partial charge on any atom is -0.389 e. The lowest BCUT2D eigenvalue weighted by Crippen LogP contribution is -2.55. The number of nitrogens with zero attached hydrogens (tertiary/aromatic N) is 1. The van der Waals surface area contributed by atoms with Gasteiger partial charge in [0.1, 0.15) is 6.04 Å². The third-order valence-corrected chi connectivity index (χ3v) is 3.09. The molecular formula is C10H19F3N2O. The summed E-state index contributed by atoms with van der Waals surface area (Å²) in [7, 11) is 0. The molecule has 1 fully saturated rings. The van der Waals surface area contributed by atoms with E-state index in [1.165, 1.54) is 4.90 Å². The lowest BCUT2D eigenvalue weighted by Gasteiger charge is -2.34. The molecule has 0 spiro atoms. The Bertz CT molecular complexity index is 243. The zero-order chi connectivity index (χ0) is 12.6. The van der Waals surface area contributed by atoms with Crippen molar-refractivity contribution in [2.75, 3.05) is 13.1 Å². The number of aliphatic hydroxyl groups is 1. The number of hydrogen-bond acceptors (Lipinski definition) is 3. The Kier molecular flexibility index (Phi) is 3.87. The molecule has 3 unspecified atom stereocenters. The molecule has 0 aromatic heterocycles. The highest BCUT2D eigenvalue weighted by Crippen LogP contribution is 2.32. The molecule has 0 saturated carbocycles. The average Bonchev–Trinajstić information content (AvgIpc) is 2.43. The molecule has 1 aliphatic heterocycles. The van der Waals surface area contributed by atoms with Crippen LogP contribution >= 0.6 is 0 Å². The molecule has 3 atom stereocenters. The highest BCUT2D eigenvalue weighted by atomic mass is 19.4. The van der Waals surface area contributed by atoms with Crippen molar-refractivity contribution in [1.82, 2.24) is 4.90 Å². The Morgan fingerprint density at radius 2 is 2.06 bits per heavy atom. The molecule has 1 saturated heterocycles. The molecule has 3 nitrogen and oxygen atoms in total. The highest BCUT2D eigenvalue weighted by molar-refractivity contribution is 4.95. The van der Waals surface area contributed by atoms with Crippen LogP contribution in [-0.4, -0.2) is 47.0 Å². The second kappa shape index (κ2) is 4.50. The summed E-state index contributed by atoms with van der Waals surface area (Å²) in [5.41, 5.74) is 4.50. The van der Waals surface area contributed by atoms with E-state index >= 15 is 0 Å². The van der Waals surface area contributed by atoms with E-state index in [1.807, 2.05) is 0 Å². The molecule has 1 heterocycles. The maximum atomic E-state index is 12.9. The average molecular weight is 240 g/mol. The summed E-state index contributed by atoms with van der Waals surface area (Å²) in [4.78, 5) is 1.24. The quantitative estimate of drug-likeness (QED) is 0.777. The van der Waals surface area contributed by atoms with Gasteiger partial charge in [0.2, 0.25) is 0 Å². The molecule has 16 heavy (non-hydrogen) atoms. The van der Waals surface area contributed by atoms with Crippen LogP contribution in [0.25, 0.3) is 0 Å². The molecule has 0 bridgehead atoms. The molecule has 0 aliphatic carbocycles. The summed E-state index contributed by atoms with van der Waals surface area (Å²) in [6.07, 6.45) is -3.71. The predicted octanol–water partition coefficient (Wildman–Crippen LogP) is 1.11. The number of nitrogens with two attached hydrogens (primary N) is 1. The zero-order valence-corrected chi connectivity index (χ0v) is 9.59. The van der Waals surface area contributed by atoms with Gasteiger partial charge in [-0.3, -0.25) is 4.90 Å². The largest absolute Gasteiger partial charge is 0.405 e. The van der Waals surface area contributed by atoms with Gasteiger partial charge >= 0.3 is 6.18 Å². The molecule has 3 N–H and O–H groups in total. The Morgan fingerprint density at radius 1 is 1.50 bits per heavy atom. The van der Waals surface area contributed by atoms with Gasteiger partial charge in [-0.15, -0.1) is 0 Å². The van der Waals surface area contributed by atoms with Crippen LogP contribution in [0.5, 0.6) is 0 Å². The van der Waals surface area contributed by atoms with Crippen LogP contribution in [0.15, 0.2) is 0 Å². The fourth-order valence-corrected chi connectivity index (χ4v) is 2.16. The first-order valence-electron chi connectivity index (χ1n) is 5.46. The number of likely N-dealkylation sites (tertiary alicyclic amines) is 1. The molecular weight excluding hydrogens is 221 g/mol. The van der Waals surface area contributed by atoms with E-state index in [9.17, 15) is 18.3 Å². The van der Waals surface area contributed by atoms with Crippen molar-refractivity contribution >= 4 is 0 Å². The van der Waals surface area contributed by atoms with Crippen molar-refractivity contribution in [3.8, 4) is 0 Å². The summed E-state index contributed by atoms with van der Waals surface area (Å²) in [5, 5.41) is 9.68. The van der Waals surface area contributed by atoms with Crippen molar-refractivity contribution in [2.24, 2.45) is 5.73 Å². The van der Waals surface area contributed by atoms with Gasteiger partial charge in [0.05, 0.1) is 5.60 Å². The fourth-order valence-electron chi connectivity index (χ4n) is 2.16. The molecule has 0 aromatic carbocycles. The summed E-state index contributed by atoms with van der Waals surface area (Å²) in [5.74, 6) is 0. The van der Waals surface area contributed by atoms with Crippen LogP contribution in [0.2, 0.25) is 0 Å². The van der Waals surface area contributed by atoms with Crippen molar-refractivity contribution in [2.45, 2.75) is 50.6 Å². The smallest absolute Gasteiger partial charge is 0.389 e. The van der Waals surface area contributed by atoms with Crippen LogP contribution in [0.3, 0.4) is 0 Å². The third kappa shape index (κ3) is 3.09. The van der Waals surface area contributed by atoms with Crippen LogP contribution in [0.4, 0.5) is 13.2 Å². The Balaban J connectivity index is 2.79. The lowest BCUT2D eigenvalue weighted by molar-refractivity contribution is -0.188.